The SMILES string of the molecule is CCOc1ccc(CNc2cc(C(O)CNC(C)Cc3ccc(OC)cc3)ccc2O)cc1. The first kappa shape index (κ1) is 24.4. The molecule has 0 saturated heterocycles. The molecule has 0 aliphatic carbocycles. The zero-order valence-electron chi connectivity index (χ0n) is 19.5. The largest absolute Gasteiger partial charge is 0.506 e. The van der Waals surface area contributed by atoms with E-state index < -0.39 is 6.10 Å². The first-order valence-corrected chi connectivity index (χ1v) is 11.3. The lowest BCUT2D eigenvalue weighted by molar-refractivity contribution is 0.170. The number of aliphatic hydroxyl groups is 1. The number of aromatic hydroxyl groups is 1. The number of hydrogen-bond donors (Lipinski definition) is 4. The molecule has 0 amide bonds. The summed E-state index contributed by atoms with van der Waals surface area (Å²) in [5.41, 5.74) is 3.60. The van der Waals surface area contributed by atoms with Crippen molar-refractivity contribution < 1.29 is 19.7 Å². The minimum absolute atomic E-state index is 0.151. The van der Waals surface area contributed by atoms with Gasteiger partial charge in [0.15, 0.2) is 0 Å². The average Bonchev–Trinajstić information content (AvgIpc) is 2.83. The Kier molecular flexibility index (Phi) is 8.98. The fourth-order valence-electron chi connectivity index (χ4n) is 3.59. The third kappa shape index (κ3) is 7.41. The third-order valence-electron chi connectivity index (χ3n) is 5.48. The maximum absolute atomic E-state index is 10.7. The van der Waals surface area contributed by atoms with Crippen LogP contribution in [0.4, 0.5) is 5.69 Å². The van der Waals surface area contributed by atoms with Crippen molar-refractivity contribution in [3.8, 4) is 17.2 Å². The Bertz CT molecular complexity index is 990. The lowest BCUT2D eigenvalue weighted by atomic mass is 10.1. The summed E-state index contributed by atoms with van der Waals surface area (Å²) >= 11 is 0. The minimum Gasteiger partial charge on any atom is -0.506 e. The number of nitrogens with one attached hydrogen (secondary N) is 2. The van der Waals surface area contributed by atoms with E-state index >= 15 is 0 Å². The van der Waals surface area contributed by atoms with E-state index in [2.05, 4.69) is 29.7 Å². The average molecular weight is 451 g/mol. The van der Waals surface area contributed by atoms with Gasteiger partial charge in [0.25, 0.3) is 0 Å². The van der Waals surface area contributed by atoms with Crippen LogP contribution in [0.1, 0.15) is 36.6 Å². The van der Waals surface area contributed by atoms with Crippen molar-refractivity contribution in [2.24, 2.45) is 0 Å². The van der Waals surface area contributed by atoms with Crippen LogP contribution < -0.4 is 20.1 Å². The van der Waals surface area contributed by atoms with Crippen molar-refractivity contribution in [3.05, 3.63) is 83.4 Å². The van der Waals surface area contributed by atoms with Gasteiger partial charge in [-0.05, 0) is 73.4 Å². The first-order chi connectivity index (χ1) is 16.0. The summed E-state index contributed by atoms with van der Waals surface area (Å²) in [6, 6.07) is 21.2. The van der Waals surface area contributed by atoms with Crippen LogP contribution in [0, 0.1) is 0 Å². The van der Waals surface area contributed by atoms with Gasteiger partial charge in [0.1, 0.15) is 17.2 Å². The Labute approximate surface area is 196 Å². The number of aliphatic hydroxyl groups excluding tert-OH is 1. The highest BCUT2D eigenvalue weighted by Crippen LogP contribution is 2.28. The number of hydrogen-bond acceptors (Lipinski definition) is 6. The van der Waals surface area contributed by atoms with Crippen LogP contribution in [-0.2, 0) is 13.0 Å². The van der Waals surface area contributed by atoms with E-state index in [4.69, 9.17) is 9.47 Å². The second-order valence-corrected chi connectivity index (χ2v) is 8.08. The molecule has 4 N–H and O–H groups in total. The molecule has 6 heteroatoms. The van der Waals surface area contributed by atoms with E-state index in [-0.39, 0.29) is 11.8 Å². The highest BCUT2D eigenvalue weighted by Gasteiger charge is 2.13. The van der Waals surface area contributed by atoms with Gasteiger partial charge in [0.05, 0.1) is 25.5 Å². The molecule has 0 aromatic heterocycles. The van der Waals surface area contributed by atoms with Crippen LogP contribution in [-0.4, -0.2) is 36.5 Å². The third-order valence-corrected chi connectivity index (χ3v) is 5.48. The monoisotopic (exact) mass is 450 g/mol. The summed E-state index contributed by atoms with van der Waals surface area (Å²) in [6.07, 6.45) is 0.163. The van der Waals surface area contributed by atoms with Gasteiger partial charge >= 0.3 is 0 Å². The van der Waals surface area contributed by atoms with Gasteiger partial charge in [-0.1, -0.05) is 30.3 Å². The second-order valence-electron chi connectivity index (χ2n) is 8.08. The number of rotatable bonds is 12. The molecule has 3 aromatic carbocycles. The van der Waals surface area contributed by atoms with Gasteiger partial charge in [0, 0.05) is 19.1 Å². The Balaban J connectivity index is 1.52. The van der Waals surface area contributed by atoms with E-state index in [9.17, 15) is 10.2 Å². The number of phenolic OH excluding ortho intramolecular Hbond substituents is 1. The fourth-order valence-corrected chi connectivity index (χ4v) is 3.59. The maximum atomic E-state index is 10.7. The molecule has 0 aliphatic heterocycles. The fraction of sp³-hybridized carbons (Fsp3) is 0.333. The highest BCUT2D eigenvalue weighted by atomic mass is 16.5. The number of ether oxygens (including phenoxy) is 2. The van der Waals surface area contributed by atoms with Gasteiger partial charge in [-0.3, -0.25) is 0 Å². The molecule has 176 valence electrons. The summed E-state index contributed by atoms with van der Waals surface area (Å²) in [4.78, 5) is 0. The molecule has 0 aliphatic rings. The molecule has 2 atom stereocenters. The molecule has 3 aromatic rings. The number of methoxy groups -OCH3 is 1. The van der Waals surface area contributed by atoms with Gasteiger partial charge < -0.3 is 30.3 Å². The van der Waals surface area contributed by atoms with Gasteiger partial charge in [-0.25, -0.2) is 0 Å². The summed E-state index contributed by atoms with van der Waals surface area (Å²) in [6.45, 7) is 5.65. The molecule has 3 rings (SSSR count). The van der Waals surface area contributed by atoms with E-state index in [1.54, 1.807) is 25.3 Å². The normalized spacial score (nSPS) is 12.7. The Morgan fingerprint density at radius 1 is 0.909 bits per heavy atom. The molecule has 0 saturated carbocycles. The Morgan fingerprint density at radius 3 is 2.24 bits per heavy atom. The smallest absolute Gasteiger partial charge is 0.138 e. The van der Waals surface area contributed by atoms with Crippen molar-refractivity contribution in [3.63, 3.8) is 0 Å². The summed E-state index contributed by atoms with van der Waals surface area (Å²) in [7, 11) is 1.66. The van der Waals surface area contributed by atoms with Crippen molar-refractivity contribution in [2.75, 3.05) is 25.6 Å². The van der Waals surface area contributed by atoms with Gasteiger partial charge in [-0.2, -0.15) is 0 Å². The van der Waals surface area contributed by atoms with Crippen LogP contribution in [0.3, 0.4) is 0 Å². The number of benzene rings is 3. The highest BCUT2D eigenvalue weighted by molar-refractivity contribution is 5.58. The van der Waals surface area contributed by atoms with E-state index in [0.29, 0.717) is 25.4 Å². The van der Waals surface area contributed by atoms with E-state index in [1.807, 2.05) is 43.3 Å². The lowest BCUT2D eigenvalue weighted by Crippen LogP contribution is -2.32. The predicted molar refractivity (Wildman–Crippen MR) is 132 cm³/mol. The van der Waals surface area contributed by atoms with Crippen LogP contribution in [0.15, 0.2) is 66.7 Å². The molecule has 0 spiro atoms. The van der Waals surface area contributed by atoms with Crippen LogP contribution in [0.5, 0.6) is 17.2 Å². The van der Waals surface area contributed by atoms with Crippen molar-refractivity contribution in [2.45, 2.75) is 39.0 Å². The summed E-state index contributed by atoms with van der Waals surface area (Å²) in [5, 5.41) is 27.6. The Morgan fingerprint density at radius 2 is 1.58 bits per heavy atom. The molecule has 0 radical (unpaired) electrons. The predicted octanol–water partition coefficient (Wildman–Crippen LogP) is 4.67. The molecule has 0 heterocycles. The number of anilines is 1. The van der Waals surface area contributed by atoms with Crippen LogP contribution in [0.25, 0.3) is 0 Å². The molecule has 2 unspecified atom stereocenters. The minimum atomic E-state index is -0.685. The first-order valence-electron chi connectivity index (χ1n) is 11.3. The molecule has 0 bridgehead atoms. The van der Waals surface area contributed by atoms with E-state index in [0.717, 1.165) is 29.0 Å². The summed E-state index contributed by atoms with van der Waals surface area (Å²) in [5.74, 6) is 1.83. The number of phenols is 1. The molecular formula is C27H34N2O4. The quantitative estimate of drug-likeness (QED) is 0.300. The van der Waals surface area contributed by atoms with Crippen molar-refractivity contribution >= 4 is 5.69 Å². The Hall–Kier alpha value is -3.22. The molecular weight excluding hydrogens is 416 g/mol. The van der Waals surface area contributed by atoms with Crippen molar-refractivity contribution in [1.29, 1.82) is 0 Å². The van der Waals surface area contributed by atoms with Gasteiger partial charge in [0.2, 0.25) is 0 Å². The van der Waals surface area contributed by atoms with Crippen molar-refractivity contribution in [1.82, 2.24) is 5.32 Å². The lowest BCUT2D eigenvalue weighted by Gasteiger charge is -2.19. The molecule has 6 nitrogen and oxygen atoms in total. The van der Waals surface area contributed by atoms with Crippen LogP contribution >= 0.6 is 0 Å². The zero-order chi connectivity index (χ0) is 23.6. The standard InChI is InChI=1S/C27H34N2O4/c1-4-33-24-12-7-21(8-13-24)17-29-25-16-22(9-14-26(25)30)27(31)18-28-19(2)15-20-5-10-23(32-3)11-6-20/h5-14,16,19,27-31H,4,15,17-18H2,1-3H3. The van der Waals surface area contributed by atoms with Gasteiger partial charge in [-0.15, -0.1) is 0 Å². The second kappa shape index (κ2) is 12.1. The zero-order valence-corrected chi connectivity index (χ0v) is 19.5. The van der Waals surface area contributed by atoms with Crippen LogP contribution in [0.2, 0.25) is 0 Å². The topological polar surface area (TPSA) is 83.0 Å². The maximum Gasteiger partial charge on any atom is 0.138 e. The van der Waals surface area contributed by atoms with E-state index in [1.165, 1.54) is 5.56 Å². The molecule has 0 fully saturated rings. The molecule has 33 heavy (non-hydrogen) atoms. The summed E-state index contributed by atoms with van der Waals surface area (Å²) < 4.78 is 10.7.